The average Bonchev–Trinajstić information content (AvgIpc) is 3.15. The maximum Gasteiger partial charge on any atom is 0.225 e. The predicted octanol–water partition coefficient (Wildman–Crippen LogP) is 2.45. The second-order valence-electron chi connectivity index (χ2n) is 6.64. The number of nitrogens with one attached hydrogen (secondary N) is 1. The molecule has 6 nitrogen and oxygen atoms in total. The number of hydrogen-bond donors (Lipinski definition) is 1. The molecule has 1 N–H and O–H groups in total. The second-order valence-corrected chi connectivity index (χ2v) is 6.64. The Morgan fingerprint density at radius 3 is 2.56 bits per heavy atom. The maximum atomic E-state index is 12.2. The first-order chi connectivity index (χ1) is 12.1. The Bertz CT molecular complexity index is 596. The fraction of sp³-hybridized carbons (Fsp3) is 0.579. The van der Waals surface area contributed by atoms with Gasteiger partial charge in [-0.3, -0.25) is 14.5 Å². The molecule has 2 saturated heterocycles. The molecule has 1 aromatic carbocycles. The van der Waals surface area contributed by atoms with Crippen LogP contribution < -0.4 is 5.32 Å². The van der Waals surface area contributed by atoms with Gasteiger partial charge in [-0.2, -0.15) is 0 Å². The molecule has 25 heavy (non-hydrogen) atoms. The van der Waals surface area contributed by atoms with Crippen LogP contribution in [0.25, 0.3) is 0 Å². The molecule has 0 saturated carbocycles. The van der Waals surface area contributed by atoms with E-state index in [2.05, 4.69) is 10.2 Å². The first-order valence-corrected chi connectivity index (χ1v) is 9.01. The lowest BCUT2D eigenvalue weighted by Crippen LogP contribution is -2.48. The summed E-state index contributed by atoms with van der Waals surface area (Å²) in [6.07, 6.45) is 3.66. The third-order valence-corrected chi connectivity index (χ3v) is 4.83. The van der Waals surface area contributed by atoms with Crippen molar-refractivity contribution in [3.05, 3.63) is 29.8 Å². The van der Waals surface area contributed by atoms with E-state index in [4.69, 9.17) is 9.47 Å². The second kappa shape index (κ2) is 8.56. The largest absolute Gasteiger partial charge is 0.349 e. The minimum atomic E-state index is -0.150. The monoisotopic (exact) mass is 346 g/mol. The number of hydrogen-bond acceptors (Lipinski definition) is 5. The van der Waals surface area contributed by atoms with Gasteiger partial charge < -0.3 is 14.8 Å². The molecule has 1 aromatic rings. The van der Waals surface area contributed by atoms with Crippen LogP contribution in [0.3, 0.4) is 0 Å². The van der Waals surface area contributed by atoms with Crippen molar-refractivity contribution in [2.45, 2.75) is 44.9 Å². The summed E-state index contributed by atoms with van der Waals surface area (Å²) < 4.78 is 11.3. The Morgan fingerprint density at radius 2 is 1.88 bits per heavy atom. The Kier molecular flexibility index (Phi) is 6.18. The molecular formula is C19H26N2O4. The zero-order chi connectivity index (χ0) is 17.6. The van der Waals surface area contributed by atoms with Crippen molar-refractivity contribution in [3.8, 4) is 0 Å². The van der Waals surface area contributed by atoms with E-state index in [0.717, 1.165) is 19.4 Å². The van der Waals surface area contributed by atoms with Gasteiger partial charge in [0.1, 0.15) is 0 Å². The standard InChI is InChI=1S/C19H26N2O4/c1-14(22)15-5-7-16(8-6-15)20-18(23)9-11-21-10-3-2-4-17(21)19-24-12-13-25-19/h5-8,17,19H,2-4,9-13H2,1H3,(H,20,23). The lowest BCUT2D eigenvalue weighted by molar-refractivity contribution is -0.120. The summed E-state index contributed by atoms with van der Waals surface area (Å²) in [7, 11) is 0. The minimum absolute atomic E-state index is 0.0189. The number of ketones is 1. The smallest absolute Gasteiger partial charge is 0.225 e. The molecule has 2 aliphatic rings. The highest BCUT2D eigenvalue weighted by Gasteiger charge is 2.33. The van der Waals surface area contributed by atoms with Gasteiger partial charge in [0.2, 0.25) is 5.91 Å². The molecule has 1 atom stereocenters. The van der Waals surface area contributed by atoms with Crippen molar-refractivity contribution >= 4 is 17.4 Å². The SMILES string of the molecule is CC(=O)c1ccc(NC(=O)CCN2CCCCC2C2OCCO2)cc1. The van der Waals surface area contributed by atoms with E-state index < -0.39 is 0 Å². The number of anilines is 1. The number of carbonyl (C=O) groups is 2. The molecule has 0 radical (unpaired) electrons. The van der Waals surface area contributed by atoms with E-state index in [-0.39, 0.29) is 24.0 Å². The van der Waals surface area contributed by atoms with Crippen molar-refractivity contribution in [3.63, 3.8) is 0 Å². The molecule has 2 heterocycles. The molecule has 3 rings (SSSR count). The number of ether oxygens (including phenoxy) is 2. The third kappa shape index (κ3) is 4.87. The van der Waals surface area contributed by atoms with E-state index in [1.807, 2.05) is 0 Å². The van der Waals surface area contributed by atoms with Crippen molar-refractivity contribution in [2.75, 3.05) is 31.6 Å². The van der Waals surface area contributed by atoms with Gasteiger partial charge in [-0.05, 0) is 50.6 Å². The van der Waals surface area contributed by atoms with Gasteiger partial charge in [-0.1, -0.05) is 6.42 Å². The van der Waals surface area contributed by atoms with Crippen LogP contribution >= 0.6 is 0 Å². The fourth-order valence-electron chi connectivity index (χ4n) is 3.46. The molecule has 2 aliphatic heterocycles. The summed E-state index contributed by atoms with van der Waals surface area (Å²) in [5.41, 5.74) is 1.36. The normalized spacial score (nSPS) is 22.0. The first-order valence-electron chi connectivity index (χ1n) is 9.01. The molecule has 1 amide bonds. The molecule has 0 bridgehead atoms. The highest BCUT2D eigenvalue weighted by molar-refractivity contribution is 5.95. The van der Waals surface area contributed by atoms with Crippen LogP contribution in [0.2, 0.25) is 0 Å². The highest BCUT2D eigenvalue weighted by atomic mass is 16.7. The quantitative estimate of drug-likeness (QED) is 0.802. The molecule has 2 fully saturated rings. The van der Waals surface area contributed by atoms with Gasteiger partial charge in [0.25, 0.3) is 0 Å². The molecule has 6 heteroatoms. The van der Waals surface area contributed by atoms with E-state index in [1.54, 1.807) is 24.3 Å². The predicted molar refractivity (Wildman–Crippen MR) is 94.6 cm³/mol. The van der Waals surface area contributed by atoms with Crippen LogP contribution in [-0.4, -0.2) is 55.2 Å². The number of piperidine rings is 1. The Labute approximate surface area is 148 Å². The van der Waals surface area contributed by atoms with Gasteiger partial charge in [0.15, 0.2) is 12.1 Å². The zero-order valence-electron chi connectivity index (χ0n) is 14.7. The van der Waals surface area contributed by atoms with Gasteiger partial charge in [0.05, 0.1) is 19.3 Å². The van der Waals surface area contributed by atoms with Gasteiger partial charge in [-0.15, -0.1) is 0 Å². The van der Waals surface area contributed by atoms with E-state index in [9.17, 15) is 9.59 Å². The summed E-state index contributed by atoms with van der Waals surface area (Å²) in [4.78, 5) is 25.8. The topological polar surface area (TPSA) is 67.9 Å². The van der Waals surface area contributed by atoms with Gasteiger partial charge in [0, 0.05) is 24.2 Å². The molecule has 136 valence electrons. The van der Waals surface area contributed by atoms with Crippen LogP contribution in [0.15, 0.2) is 24.3 Å². The summed E-state index contributed by atoms with van der Waals surface area (Å²) >= 11 is 0. The van der Waals surface area contributed by atoms with Crippen molar-refractivity contribution in [1.82, 2.24) is 4.90 Å². The number of rotatable bonds is 6. The molecule has 0 aromatic heterocycles. The Morgan fingerprint density at radius 1 is 1.16 bits per heavy atom. The lowest BCUT2D eigenvalue weighted by Gasteiger charge is -2.37. The first kappa shape index (κ1) is 18.0. The summed E-state index contributed by atoms with van der Waals surface area (Å²) in [6, 6.07) is 7.23. The van der Waals surface area contributed by atoms with Crippen LogP contribution in [0.5, 0.6) is 0 Å². The van der Waals surface area contributed by atoms with E-state index in [0.29, 0.717) is 37.4 Å². The number of amides is 1. The Hall–Kier alpha value is -1.76. The summed E-state index contributed by atoms with van der Waals surface area (Å²) in [5, 5.41) is 2.89. The van der Waals surface area contributed by atoms with Crippen molar-refractivity contribution in [2.24, 2.45) is 0 Å². The van der Waals surface area contributed by atoms with Crippen LogP contribution in [0.1, 0.15) is 43.0 Å². The van der Waals surface area contributed by atoms with Gasteiger partial charge in [-0.25, -0.2) is 0 Å². The number of Topliss-reactive ketones (excluding diaryl/α,β-unsaturated/α-hetero) is 1. The van der Waals surface area contributed by atoms with E-state index in [1.165, 1.54) is 13.3 Å². The molecule has 0 spiro atoms. The number of nitrogens with zero attached hydrogens (tertiary/aromatic N) is 1. The summed E-state index contributed by atoms with van der Waals surface area (Å²) in [6.45, 7) is 4.53. The molecule has 1 unspecified atom stereocenters. The van der Waals surface area contributed by atoms with Crippen LogP contribution in [0, 0.1) is 0 Å². The van der Waals surface area contributed by atoms with Crippen LogP contribution in [0.4, 0.5) is 5.69 Å². The number of carbonyl (C=O) groups excluding carboxylic acids is 2. The fourth-order valence-corrected chi connectivity index (χ4v) is 3.46. The van der Waals surface area contributed by atoms with Crippen molar-refractivity contribution < 1.29 is 19.1 Å². The van der Waals surface area contributed by atoms with Crippen LogP contribution in [-0.2, 0) is 14.3 Å². The average molecular weight is 346 g/mol. The number of likely N-dealkylation sites (tertiary alicyclic amines) is 1. The zero-order valence-corrected chi connectivity index (χ0v) is 14.7. The van der Waals surface area contributed by atoms with E-state index >= 15 is 0 Å². The number of benzene rings is 1. The third-order valence-electron chi connectivity index (χ3n) is 4.83. The molecular weight excluding hydrogens is 320 g/mol. The minimum Gasteiger partial charge on any atom is -0.349 e. The van der Waals surface area contributed by atoms with Gasteiger partial charge >= 0.3 is 0 Å². The summed E-state index contributed by atoms with van der Waals surface area (Å²) in [5.74, 6) is -0.00137. The molecule has 0 aliphatic carbocycles. The maximum absolute atomic E-state index is 12.2. The highest BCUT2D eigenvalue weighted by Crippen LogP contribution is 2.24. The Balaban J connectivity index is 1.49. The lowest BCUT2D eigenvalue weighted by atomic mass is 10.0. The van der Waals surface area contributed by atoms with Crippen molar-refractivity contribution in [1.29, 1.82) is 0 Å².